The van der Waals surface area contributed by atoms with E-state index in [1.807, 2.05) is 16.9 Å². The average Bonchev–Trinajstić information content (AvgIpc) is 2.75. The Morgan fingerprint density at radius 3 is 2.65 bits per heavy atom. The molecular weight excluding hydrogens is 210 g/mol. The minimum atomic E-state index is 0.507. The van der Waals surface area contributed by atoms with Gasteiger partial charge in [0.1, 0.15) is 0 Å². The van der Waals surface area contributed by atoms with E-state index in [0.717, 1.165) is 13.1 Å². The second kappa shape index (κ2) is 5.64. The van der Waals surface area contributed by atoms with Crippen molar-refractivity contribution >= 4 is 0 Å². The summed E-state index contributed by atoms with van der Waals surface area (Å²) < 4.78 is 1.98. The molecule has 0 saturated carbocycles. The van der Waals surface area contributed by atoms with Gasteiger partial charge in [0.15, 0.2) is 0 Å². The van der Waals surface area contributed by atoms with Crippen molar-refractivity contribution < 1.29 is 0 Å². The molecule has 3 nitrogen and oxygen atoms in total. The van der Waals surface area contributed by atoms with Crippen molar-refractivity contribution in [1.29, 1.82) is 0 Å². The van der Waals surface area contributed by atoms with Gasteiger partial charge >= 0.3 is 0 Å². The first-order valence-corrected chi connectivity index (χ1v) is 6.02. The molecule has 1 N–H and O–H groups in total. The minimum absolute atomic E-state index is 0.507. The number of hydrogen-bond donors (Lipinski definition) is 1. The molecule has 0 unspecified atom stereocenters. The van der Waals surface area contributed by atoms with Crippen LogP contribution in [0.1, 0.15) is 25.0 Å². The maximum Gasteiger partial charge on any atom is 0.0659 e. The smallest absolute Gasteiger partial charge is 0.0659 e. The molecule has 0 aliphatic heterocycles. The molecule has 0 aliphatic rings. The summed E-state index contributed by atoms with van der Waals surface area (Å²) in [4.78, 5) is 0. The molecule has 3 heteroatoms. The van der Waals surface area contributed by atoms with Crippen LogP contribution in [-0.2, 0) is 13.1 Å². The zero-order valence-electron chi connectivity index (χ0n) is 10.4. The number of rotatable bonds is 5. The quantitative estimate of drug-likeness (QED) is 0.853. The number of aromatic nitrogens is 2. The highest BCUT2D eigenvalue weighted by Crippen LogP contribution is 2.04. The van der Waals surface area contributed by atoms with Gasteiger partial charge in [-0.25, -0.2) is 0 Å². The van der Waals surface area contributed by atoms with Crippen molar-refractivity contribution in [1.82, 2.24) is 15.1 Å². The lowest BCUT2D eigenvalue weighted by molar-refractivity contribution is 0.588. The Balaban J connectivity index is 1.94. The highest BCUT2D eigenvalue weighted by Gasteiger charge is 2.00. The average molecular weight is 229 g/mol. The summed E-state index contributed by atoms with van der Waals surface area (Å²) >= 11 is 0. The molecule has 0 bridgehead atoms. The first kappa shape index (κ1) is 11.9. The zero-order chi connectivity index (χ0) is 12.1. The van der Waals surface area contributed by atoms with E-state index in [0.29, 0.717) is 6.04 Å². The summed E-state index contributed by atoms with van der Waals surface area (Å²) in [6.45, 7) is 6.01. The van der Waals surface area contributed by atoms with E-state index in [1.165, 1.54) is 11.1 Å². The lowest BCUT2D eigenvalue weighted by atomic mass is 10.2. The fraction of sp³-hybridized carbons (Fsp3) is 0.357. The van der Waals surface area contributed by atoms with Crippen molar-refractivity contribution in [2.24, 2.45) is 0 Å². The third-order valence-electron chi connectivity index (χ3n) is 2.59. The molecule has 0 amide bonds. The van der Waals surface area contributed by atoms with Crippen LogP contribution in [0.15, 0.2) is 42.7 Å². The van der Waals surface area contributed by atoms with Crippen LogP contribution in [-0.4, -0.2) is 15.8 Å². The van der Waals surface area contributed by atoms with E-state index in [4.69, 9.17) is 0 Å². The van der Waals surface area contributed by atoms with Crippen LogP contribution in [0.4, 0.5) is 0 Å². The van der Waals surface area contributed by atoms with Gasteiger partial charge in [-0.3, -0.25) is 4.68 Å². The van der Waals surface area contributed by atoms with Crippen molar-refractivity contribution in [3.05, 3.63) is 53.9 Å². The van der Waals surface area contributed by atoms with Gasteiger partial charge in [-0.15, -0.1) is 0 Å². The molecule has 0 radical (unpaired) electrons. The van der Waals surface area contributed by atoms with E-state index in [1.54, 1.807) is 0 Å². The summed E-state index contributed by atoms with van der Waals surface area (Å²) in [7, 11) is 0. The lowest BCUT2D eigenvalue weighted by Crippen LogP contribution is -2.21. The summed E-state index contributed by atoms with van der Waals surface area (Å²) in [6, 6.07) is 10.9. The fourth-order valence-corrected chi connectivity index (χ4v) is 1.68. The van der Waals surface area contributed by atoms with Gasteiger partial charge in [0.05, 0.1) is 12.7 Å². The van der Waals surface area contributed by atoms with Crippen molar-refractivity contribution in [2.45, 2.75) is 33.0 Å². The standard InChI is InChI=1S/C14H19N3/c1-12(2)15-8-14-9-16-17(11-14)10-13-6-4-3-5-7-13/h3-7,9,11-12,15H,8,10H2,1-2H3. The largest absolute Gasteiger partial charge is 0.310 e. The molecule has 17 heavy (non-hydrogen) atoms. The summed E-state index contributed by atoms with van der Waals surface area (Å²) in [6.07, 6.45) is 4.03. The van der Waals surface area contributed by atoms with Crippen molar-refractivity contribution in [3.8, 4) is 0 Å². The second-order valence-corrected chi connectivity index (χ2v) is 4.57. The Kier molecular flexibility index (Phi) is 3.94. The van der Waals surface area contributed by atoms with Gasteiger partial charge in [-0.2, -0.15) is 5.10 Å². The Bertz CT molecular complexity index is 446. The molecule has 2 rings (SSSR count). The first-order chi connectivity index (χ1) is 8.24. The maximum atomic E-state index is 4.37. The summed E-state index contributed by atoms with van der Waals surface area (Å²) in [5.74, 6) is 0. The first-order valence-electron chi connectivity index (χ1n) is 6.02. The SMILES string of the molecule is CC(C)NCc1cnn(Cc2ccccc2)c1. The Labute approximate surface area is 102 Å². The van der Waals surface area contributed by atoms with Gasteiger partial charge < -0.3 is 5.32 Å². The molecule has 0 aliphatic carbocycles. The Morgan fingerprint density at radius 2 is 1.94 bits per heavy atom. The van der Waals surface area contributed by atoms with Crippen LogP contribution in [0.25, 0.3) is 0 Å². The van der Waals surface area contributed by atoms with E-state index in [9.17, 15) is 0 Å². The predicted octanol–water partition coefficient (Wildman–Crippen LogP) is 2.43. The van der Waals surface area contributed by atoms with Crippen LogP contribution in [0.2, 0.25) is 0 Å². The number of nitrogens with one attached hydrogen (secondary N) is 1. The molecule has 1 heterocycles. The van der Waals surface area contributed by atoms with Crippen LogP contribution >= 0.6 is 0 Å². The zero-order valence-corrected chi connectivity index (χ0v) is 10.4. The highest BCUT2D eigenvalue weighted by atomic mass is 15.3. The van der Waals surface area contributed by atoms with Crippen LogP contribution in [0, 0.1) is 0 Å². The Hall–Kier alpha value is -1.61. The van der Waals surface area contributed by atoms with Crippen LogP contribution in [0.5, 0.6) is 0 Å². The third kappa shape index (κ3) is 3.71. The van der Waals surface area contributed by atoms with E-state index >= 15 is 0 Å². The van der Waals surface area contributed by atoms with Crippen LogP contribution in [0.3, 0.4) is 0 Å². The minimum Gasteiger partial charge on any atom is -0.310 e. The summed E-state index contributed by atoms with van der Waals surface area (Å²) in [5, 5.41) is 7.75. The molecular formula is C14H19N3. The van der Waals surface area contributed by atoms with E-state index in [2.05, 4.69) is 54.7 Å². The van der Waals surface area contributed by atoms with Gasteiger partial charge in [0, 0.05) is 24.3 Å². The second-order valence-electron chi connectivity index (χ2n) is 4.57. The molecule has 0 spiro atoms. The maximum absolute atomic E-state index is 4.37. The molecule has 2 aromatic rings. The highest BCUT2D eigenvalue weighted by molar-refractivity contribution is 5.15. The number of benzene rings is 1. The van der Waals surface area contributed by atoms with Gasteiger partial charge in [-0.05, 0) is 5.56 Å². The predicted molar refractivity (Wildman–Crippen MR) is 69.7 cm³/mol. The van der Waals surface area contributed by atoms with E-state index in [-0.39, 0.29) is 0 Å². The van der Waals surface area contributed by atoms with E-state index < -0.39 is 0 Å². The summed E-state index contributed by atoms with van der Waals surface area (Å²) in [5.41, 5.74) is 2.51. The Morgan fingerprint density at radius 1 is 1.18 bits per heavy atom. The molecule has 1 aromatic carbocycles. The molecule has 0 atom stereocenters. The monoisotopic (exact) mass is 229 g/mol. The van der Waals surface area contributed by atoms with Gasteiger partial charge in [0.25, 0.3) is 0 Å². The molecule has 1 aromatic heterocycles. The fourth-order valence-electron chi connectivity index (χ4n) is 1.68. The van der Waals surface area contributed by atoms with Gasteiger partial charge in [-0.1, -0.05) is 44.2 Å². The number of hydrogen-bond acceptors (Lipinski definition) is 2. The normalized spacial score (nSPS) is 11.0. The molecule has 0 saturated heterocycles. The molecule has 90 valence electrons. The third-order valence-corrected chi connectivity index (χ3v) is 2.59. The lowest BCUT2D eigenvalue weighted by Gasteiger charge is -2.05. The number of nitrogens with zero attached hydrogens (tertiary/aromatic N) is 2. The van der Waals surface area contributed by atoms with Crippen molar-refractivity contribution in [3.63, 3.8) is 0 Å². The van der Waals surface area contributed by atoms with Gasteiger partial charge in [0.2, 0.25) is 0 Å². The van der Waals surface area contributed by atoms with Crippen LogP contribution < -0.4 is 5.32 Å². The van der Waals surface area contributed by atoms with Crippen molar-refractivity contribution in [2.75, 3.05) is 0 Å². The topological polar surface area (TPSA) is 29.9 Å². The molecule has 0 fully saturated rings.